The Balaban J connectivity index is 1.36. The van der Waals surface area contributed by atoms with Gasteiger partial charge in [0.2, 0.25) is 5.91 Å². The van der Waals surface area contributed by atoms with E-state index in [1.807, 2.05) is 36.4 Å². The fourth-order valence-corrected chi connectivity index (χ4v) is 3.62. The van der Waals surface area contributed by atoms with Crippen molar-refractivity contribution >= 4 is 11.6 Å². The molecule has 0 spiro atoms. The Kier molecular flexibility index (Phi) is 5.48. The van der Waals surface area contributed by atoms with E-state index in [2.05, 4.69) is 15.4 Å². The van der Waals surface area contributed by atoms with Crippen molar-refractivity contribution in [3.8, 4) is 11.1 Å². The first kappa shape index (κ1) is 18.4. The van der Waals surface area contributed by atoms with Crippen LogP contribution < -0.4 is 5.32 Å². The van der Waals surface area contributed by atoms with Crippen molar-refractivity contribution in [1.29, 1.82) is 0 Å². The Hall–Kier alpha value is -2.99. The molecule has 144 valence electrons. The third kappa shape index (κ3) is 4.46. The number of carbonyl (C=O) groups excluding carboxylic acids is 1. The van der Waals surface area contributed by atoms with Gasteiger partial charge in [-0.25, -0.2) is 4.39 Å². The summed E-state index contributed by atoms with van der Waals surface area (Å²) in [5.41, 5.74) is 3.36. The predicted octanol–water partition coefficient (Wildman–Crippen LogP) is 4.33. The van der Waals surface area contributed by atoms with E-state index in [4.69, 9.17) is 4.52 Å². The van der Waals surface area contributed by atoms with Crippen LogP contribution in [0.15, 0.2) is 65.4 Å². The van der Waals surface area contributed by atoms with Crippen molar-refractivity contribution in [2.24, 2.45) is 5.92 Å². The first-order valence-electron chi connectivity index (χ1n) is 9.46. The minimum absolute atomic E-state index is 0.0309. The van der Waals surface area contributed by atoms with Crippen LogP contribution in [0.1, 0.15) is 18.5 Å². The Morgan fingerprint density at radius 3 is 2.79 bits per heavy atom. The number of benzene rings is 2. The second kappa shape index (κ2) is 8.35. The summed E-state index contributed by atoms with van der Waals surface area (Å²) in [6, 6.07) is 15.8. The highest BCUT2D eigenvalue weighted by molar-refractivity contribution is 5.93. The molecule has 2 aromatic carbocycles. The van der Waals surface area contributed by atoms with Gasteiger partial charge in [-0.15, -0.1) is 0 Å². The normalized spacial score (nSPS) is 17.4. The minimum Gasteiger partial charge on any atom is -0.364 e. The van der Waals surface area contributed by atoms with Crippen molar-refractivity contribution in [1.82, 2.24) is 10.1 Å². The lowest BCUT2D eigenvalue weighted by atomic mass is 9.96. The molecular weight excluding hydrogens is 357 g/mol. The average molecular weight is 379 g/mol. The third-order valence-corrected chi connectivity index (χ3v) is 5.06. The molecule has 1 saturated heterocycles. The van der Waals surface area contributed by atoms with E-state index >= 15 is 0 Å². The molecule has 4 rings (SSSR count). The van der Waals surface area contributed by atoms with Gasteiger partial charge in [0.1, 0.15) is 12.1 Å². The number of carbonyl (C=O) groups is 1. The molecule has 5 nitrogen and oxygen atoms in total. The predicted molar refractivity (Wildman–Crippen MR) is 105 cm³/mol. The fourth-order valence-electron chi connectivity index (χ4n) is 3.62. The molecule has 0 saturated carbocycles. The van der Waals surface area contributed by atoms with Crippen LogP contribution in [-0.2, 0) is 11.3 Å². The summed E-state index contributed by atoms with van der Waals surface area (Å²) in [6.07, 6.45) is 3.42. The molecule has 1 N–H and O–H groups in total. The average Bonchev–Trinajstić information content (AvgIpc) is 3.22. The summed E-state index contributed by atoms with van der Waals surface area (Å²) in [5.74, 6) is -0.283. The summed E-state index contributed by atoms with van der Waals surface area (Å²) in [6.45, 7) is 2.36. The Labute approximate surface area is 163 Å². The van der Waals surface area contributed by atoms with Gasteiger partial charge in [-0.2, -0.15) is 0 Å². The van der Waals surface area contributed by atoms with Gasteiger partial charge in [0, 0.05) is 24.8 Å². The summed E-state index contributed by atoms with van der Waals surface area (Å²) in [4.78, 5) is 14.9. The number of hydrogen-bond acceptors (Lipinski definition) is 4. The molecule has 6 heteroatoms. The van der Waals surface area contributed by atoms with E-state index in [0.717, 1.165) is 41.9 Å². The molecule has 1 aliphatic rings. The smallest absolute Gasteiger partial charge is 0.228 e. The molecule has 0 radical (unpaired) electrons. The number of halogens is 1. The molecule has 28 heavy (non-hydrogen) atoms. The second-order valence-electron chi connectivity index (χ2n) is 7.14. The molecule has 1 aromatic heterocycles. The number of rotatable bonds is 5. The van der Waals surface area contributed by atoms with Crippen molar-refractivity contribution in [3.05, 3.63) is 72.4 Å². The lowest BCUT2D eigenvalue weighted by Gasteiger charge is -2.31. The van der Waals surface area contributed by atoms with E-state index in [-0.39, 0.29) is 17.6 Å². The quantitative estimate of drug-likeness (QED) is 0.717. The molecule has 1 aliphatic heterocycles. The standard InChI is InChI=1S/C22H22FN3O2/c23-19-5-1-3-17(13-19)16-6-8-20(9-7-16)24-22(27)18-4-2-11-26(14-18)15-21-10-12-28-25-21/h1,3,5-10,12-13,18H,2,4,11,14-15H2,(H,24,27). The summed E-state index contributed by atoms with van der Waals surface area (Å²) in [5, 5.41) is 6.95. The van der Waals surface area contributed by atoms with Crippen LogP contribution >= 0.6 is 0 Å². The number of hydrogen-bond donors (Lipinski definition) is 1. The van der Waals surface area contributed by atoms with E-state index in [1.165, 1.54) is 12.1 Å². The van der Waals surface area contributed by atoms with Crippen molar-refractivity contribution in [2.45, 2.75) is 19.4 Å². The third-order valence-electron chi connectivity index (χ3n) is 5.06. The van der Waals surface area contributed by atoms with Gasteiger partial charge in [-0.3, -0.25) is 9.69 Å². The van der Waals surface area contributed by atoms with Gasteiger partial charge < -0.3 is 9.84 Å². The molecule has 1 fully saturated rings. The van der Waals surface area contributed by atoms with Crippen molar-refractivity contribution in [2.75, 3.05) is 18.4 Å². The fraction of sp³-hybridized carbons (Fsp3) is 0.273. The Morgan fingerprint density at radius 2 is 2.04 bits per heavy atom. The van der Waals surface area contributed by atoms with E-state index < -0.39 is 0 Å². The number of likely N-dealkylation sites (tertiary alicyclic amines) is 1. The number of anilines is 1. The first-order valence-corrected chi connectivity index (χ1v) is 9.46. The number of aromatic nitrogens is 1. The molecular formula is C22H22FN3O2. The molecule has 0 aliphatic carbocycles. The van der Waals surface area contributed by atoms with Gasteiger partial charge in [0.05, 0.1) is 11.6 Å². The van der Waals surface area contributed by atoms with Crippen LogP contribution in [-0.4, -0.2) is 29.1 Å². The molecule has 0 bridgehead atoms. The Bertz CT molecular complexity index is 925. The largest absolute Gasteiger partial charge is 0.364 e. The van der Waals surface area contributed by atoms with Crippen LogP contribution in [0.25, 0.3) is 11.1 Å². The molecule has 1 amide bonds. The van der Waals surface area contributed by atoms with Gasteiger partial charge in [0.25, 0.3) is 0 Å². The zero-order valence-electron chi connectivity index (χ0n) is 15.5. The molecule has 2 heterocycles. The summed E-state index contributed by atoms with van der Waals surface area (Å²) < 4.78 is 18.3. The number of piperidine rings is 1. The lowest BCUT2D eigenvalue weighted by molar-refractivity contribution is -0.121. The maximum atomic E-state index is 13.4. The van der Waals surface area contributed by atoms with Crippen molar-refractivity contribution < 1.29 is 13.7 Å². The van der Waals surface area contributed by atoms with E-state index in [0.29, 0.717) is 13.1 Å². The van der Waals surface area contributed by atoms with Gasteiger partial charge >= 0.3 is 0 Å². The Morgan fingerprint density at radius 1 is 1.18 bits per heavy atom. The first-order chi connectivity index (χ1) is 13.7. The molecule has 1 atom stereocenters. The monoisotopic (exact) mass is 379 g/mol. The van der Waals surface area contributed by atoms with Crippen LogP contribution in [0.3, 0.4) is 0 Å². The highest BCUT2D eigenvalue weighted by atomic mass is 19.1. The van der Waals surface area contributed by atoms with Crippen LogP contribution in [0.4, 0.5) is 10.1 Å². The van der Waals surface area contributed by atoms with Crippen LogP contribution in [0, 0.1) is 11.7 Å². The van der Waals surface area contributed by atoms with Crippen LogP contribution in [0.2, 0.25) is 0 Å². The van der Waals surface area contributed by atoms with Gasteiger partial charge in [0.15, 0.2) is 0 Å². The number of nitrogens with zero attached hydrogens (tertiary/aromatic N) is 2. The molecule has 1 unspecified atom stereocenters. The second-order valence-corrected chi connectivity index (χ2v) is 7.14. The van der Waals surface area contributed by atoms with E-state index in [9.17, 15) is 9.18 Å². The van der Waals surface area contributed by atoms with Gasteiger partial charge in [-0.1, -0.05) is 29.4 Å². The van der Waals surface area contributed by atoms with Crippen LogP contribution in [0.5, 0.6) is 0 Å². The maximum Gasteiger partial charge on any atom is 0.228 e. The van der Waals surface area contributed by atoms with Crippen molar-refractivity contribution in [3.63, 3.8) is 0 Å². The number of amides is 1. The topological polar surface area (TPSA) is 58.4 Å². The minimum atomic E-state index is -0.262. The highest BCUT2D eigenvalue weighted by Gasteiger charge is 2.26. The summed E-state index contributed by atoms with van der Waals surface area (Å²) in [7, 11) is 0. The lowest BCUT2D eigenvalue weighted by Crippen LogP contribution is -2.40. The zero-order valence-corrected chi connectivity index (χ0v) is 15.5. The maximum absolute atomic E-state index is 13.4. The summed E-state index contributed by atoms with van der Waals surface area (Å²) >= 11 is 0. The van der Waals surface area contributed by atoms with Gasteiger partial charge in [-0.05, 0) is 54.8 Å². The van der Waals surface area contributed by atoms with E-state index in [1.54, 1.807) is 12.3 Å². The number of nitrogens with one attached hydrogen (secondary N) is 1. The molecule has 3 aromatic rings. The SMILES string of the molecule is O=C(Nc1ccc(-c2cccc(F)c2)cc1)C1CCCN(Cc2ccon2)C1. The zero-order chi connectivity index (χ0) is 19.3. The highest BCUT2D eigenvalue weighted by Crippen LogP contribution is 2.24.